The van der Waals surface area contributed by atoms with Gasteiger partial charge in [0.05, 0.1) is 30.2 Å². The van der Waals surface area contributed by atoms with E-state index >= 15 is 0 Å². The number of halogens is 3. The number of alkyl halides is 3. The Bertz CT molecular complexity index is 781. The highest BCUT2D eigenvalue weighted by Crippen LogP contribution is 2.32. The Labute approximate surface area is 160 Å². The highest BCUT2D eigenvalue weighted by Gasteiger charge is 2.30. The normalized spacial score (nSPS) is 11.1. The first kappa shape index (κ1) is 21.0. The molecule has 0 aliphatic heterocycles. The highest BCUT2D eigenvalue weighted by atomic mass is 32.2. The van der Waals surface area contributed by atoms with Crippen molar-refractivity contribution in [1.82, 2.24) is 0 Å². The summed E-state index contributed by atoms with van der Waals surface area (Å²) in [6.45, 7) is 4.58. The number of carbonyl (C=O) groups excluding carboxylic acids is 1. The minimum Gasteiger partial charge on any atom is -0.494 e. The van der Waals surface area contributed by atoms with Crippen LogP contribution < -0.4 is 14.8 Å². The number of thioether (sulfide) groups is 1. The molecular weight excluding hydrogens is 379 g/mol. The number of hydrogen-bond donors (Lipinski definition) is 1. The number of hydrogen-bond acceptors (Lipinski definition) is 4. The van der Waals surface area contributed by atoms with Gasteiger partial charge in [0.2, 0.25) is 5.91 Å². The van der Waals surface area contributed by atoms with Gasteiger partial charge in [-0.1, -0.05) is 6.07 Å². The fourth-order valence-electron chi connectivity index (χ4n) is 2.24. The third-order valence-electron chi connectivity index (χ3n) is 3.37. The summed E-state index contributed by atoms with van der Waals surface area (Å²) >= 11 is 1.03. The molecule has 0 radical (unpaired) electrons. The van der Waals surface area contributed by atoms with E-state index in [4.69, 9.17) is 9.47 Å². The summed E-state index contributed by atoms with van der Waals surface area (Å²) in [7, 11) is 0. The zero-order chi connectivity index (χ0) is 19.9. The van der Waals surface area contributed by atoms with Crippen LogP contribution in [0.3, 0.4) is 0 Å². The quantitative estimate of drug-likeness (QED) is 0.617. The van der Waals surface area contributed by atoms with Crippen LogP contribution in [0.5, 0.6) is 11.5 Å². The molecule has 0 unspecified atom stereocenters. The van der Waals surface area contributed by atoms with Gasteiger partial charge in [0.1, 0.15) is 11.5 Å². The van der Waals surface area contributed by atoms with Crippen LogP contribution in [0, 0.1) is 0 Å². The highest BCUT2D eigenvalue weighted by molar-refractivity contribution is 8.00. The molecule has 0 aliphatic rings. The lowest BCUT2D eigenvalue weighted by Gasteiger charge is -2.13. The number of nitrogens with one attached hydrogen (secondary N) is 1. The third-order valence-corrected chi connectivity index (χ3v) is 4.36. The number of rotatable bonds is 8. The molecule has 0 bridgehead atoms. The van der Waals surface area contributed by atoms with Crippen molar-refractivity contribution >= 4 is 23.4 Å². The maximum Gasteiger partial charge on any atom is 0.416 e. The van der Waals surface area contributed by atoms with Crippen molar-refractivity contribution in [2.75, 3.05) is 24.3 Å². The smallest absolute Gasteiger partial charge is 0.416 e. The lowest BCUT2D eigenvalue weighted by atomic mass is 10.2. The zero-order valence-electron chi connectivity index (χ0n) is 14.9. The maximum absolute atomic E-state index is 12.8. The van der Waals surface area contributed by atoms with Crippen molar-refractivity contribution in [3.63, 3.8) is 0 Å². The molecule has 2 rings (SSSR count). The van der Waals surface area contributed by atoms with Gasteiger partial charge in [-0.3, -0.25) is 4.79 Å². The molecular formula is C19H20F3NO3S. The molecule has 0 fully saturated rings. The van der Waals surface area contributed by atoms with E-state index in [0.717, 1.165) is 23.9 Å². The Morgan fingerprint density at radius 1 is 1.07 bits per heavy atom. The number of benzene rings is 2. The third kappa shape index (κ3) is 6.39. The van der Waals surface area contributed by atoms with Crippen LogP contribution in [0.4, 0.5) is 18.9 Å². The Balaban J connectivity index is 2.04. The summed E-state index contributed by atoms with van der Waals surface area (Å²) in [5.74, 6) is 0.693. The van der Waals surface area contributed by atoms with Gasteiger partial charge in [-0.15, -0.1) is 11.8 Å². The average molecular weight is 399 g/mol. The van der Waals surface area contributed by atoms with Crippen molar-refractivity contribution in [2.45, 2.75) is 24.9 Å². The molecule has 0 saturated carbocycles. The molecule has 0 saturated heterocycles. The molecule has 2 aromatic carbocycles. The topological polar surface area (TPSA) is 47.6 Å². The Morgan fingerprint density at radius 3 is 2.48 bits per heavy atom. The standard InChI is InChI=1S/C19H20F3NO3S/c1-3-25-14-8-9-17(26-4-2)16(11-14)23-18(24)12-27-15-7-5-6-13(10-15)19(20,21)22/h5-11H,3-4,12H2,1-2H3,(H,23,24). The van der Waals surface area contributed by atoms with E-state index in [9.17, 15) is 18.0 Å². The number of ether oxygens (including phenoxy) is 2. The summed E-state index contributed by atoms with van der Waals surface area (Å²) in [6, 6.07) is 9.97. The summed E-state index contributed by atoms with van der Waals surface area (Å²) in [4.78, 5) is 12.6. The molecule has 0 spiro atoms. The minimum atomic E-state index is -4.41. The second-order valence-corrected chi connectivity index (χ2v) is 6.44. The Kier molecular flexibility index (Phi) is 7.41. The van der Waals surface area contributed by atoms with Gasteiger partial charge >= 0.3 is 6.18 Å². The lowest BCUT2D eigenvalue weighted by molar-refractivity contribution is -0.137. The van der Waals surface area contributed by atoms with E-state index in [2.05, 4.69) is 5.32 Å². The molecule has 1 N–H and O–H groups in total. The van der Waals surface area contributed by atoms with Gasteiger partial charge in [-0.2, -0.15) is 13.2 Å². The molecule has 0 heterocycles. The van der Waals surface area contributed by atoms with E-state index in [1.165, 1.54) is 12.1 Å². The molecule has 2 aromatic rings. The molecule has 0 aromatic heterocycles. The van der Waals surface area contributed by atoms with Crippen LogP contribution in [0.2, 0.25) is 0 Å². The predicted molar refractivity (Wildman–Crippen MR) is 99.6 cm³/mol. The first-order valence-corrected chi connectivity index (χ1v) is 9.31. The van der Waals surface area contributed by atoms with Gasteiger partial charge in [-0.25, -0.2) is 0 Å². The number of amides is 1. The fraction of sp³-hybridized carbons (Fsp3) is 0.316. The molecule has 0 atom stereocenters. The van der Waals surface area contributed by atoms with Crippen molar-refractivity contribution in [2.24, 2.45) is 0 Å². The van der Waals surface area contributed by atoms with Gasteiger partial charge < -0.3 is 14.8 Å². The van der Waals surface area contributed by atoms with Crippen LogP contribution in [-0.4, -0.2) is 24.9 Å². The lowest BCUT2D eigenvalue weighted by Crippen LogP contribution is -2.15. The molecule has 4 nitrogen and oxygen atoms in total. The fourth-order valence-corrected chi connectivity index (χ4v) is 3.00. The second kappa shape index (κ2) is 9.55. The SMILES string of the molecule is CCOc1ccc(OCC)c(NC(=O)CSc2cccc(C(F)(F)F)c2)c1. The summed E-state index contributed by atoms with van der Waals surface area (Å²) in [5.41, 5.74) is -0.284. The zero-order valence-corrected chi connectivity index (χ0v) is 15.7. The largest absolute Gasteiger partial charge is 0.494 e. The predicted octanol–water partition coefficient (Wildman–Crippen LogP) is 5.23. The summed E-state index contributed by atoms with van der Waals surface area (Å²) < 4.78 is 49.2. The van der Waals surface area contributed by atoms with Gasteiger partial charge in [0.25, 0.3) is 0 Å². The van der Waals surface area contributed by atoms with Crippen LogP contribution in [0.25, 0.3) is 0 Å². The van der Waals surface area contributed by atoms with E-state index in [-0.39, 0.29) is 11.7 Å². The van der Waals surface area contributed by atoms with Crippen LogP contribution in [-0.2, 0) is 11.0 Å². The van der Waals surface area contributed by atoms with Crippen molar-refractivity contribution < 1.29 is 27.4 Å². The van der Waals surface area contributed by atoms with E-state index < -0.39 is 11.7 Å². The van der Waals surface area contributed by atoms with Gasteiger partial charge in [0.15, 0.2) is 0 Å². The van der Waals surface area contributed by atoms with E-state index in [1.54, 1.807) is 18.2 Å². The van der Waals surface area contributed by atoms with Crippen molar-refractivity contribution in [1.29, 1.82) is 0 Å². The van der Waals surface area contributed by atoms with Crippen LogP contribution in [0.15, 0.2) is 47.4 Å². The minimum absolute atomic E-state index is 0.0360. The van der Waals surface area contributed by atoms with Crippen LogP contribution in [0.1, 0.15) is 19.4 Å². The molecule has 27 heavy (non-hydrogen) atoms. The first-order chi connectivity index (χ1) is 12.8. The molecule has 0 aliphatic carbocycles. The monoisotopic (exact) mass is 399 g/mol. The molecule has 8 heteroatoms. The van der Waals surface area contributed by atoms with E-state index in [1.807, 2.05) is 13.8 Å². The molecule has 146 valence electrons. The van der Waals surface area contributed by atoms with Gasteiger partial charge in [-0.05, 0) is 44.2 Å². The maximum atomic E-state index is 12.8. The first-order valence-electron chi connectivity index (χ1n) is 8.33. The second-order valence-electron chi connectivity index (χ2n) is 5.39. The average Bonchev–Trinajstić information content (AvgIpc) is 2.62. The van der Waals surface area contributed by atoms with Gasteiger partial charge in [0, 0.05) is 11.0 Å². The summed E-state index contributed by atoms with van der Waals surface area (Å²) in [5, 5.41) is 2.72. The Morgan fingerprint density at radius 2 is 1.81 bits per heavy atom. The van der Waals surface area contributed by atoms with Crippen molar-refractivity contribution in [3.8, 4) is 11.5 Å². The van der Waals surface area contributed by atoms with E-state index in [0.29, 0.717) is 35.3 Å². The van der Waals surface area contributed by atoms with Crippen LogP contribution >= 0.6 is 11.8 Å². The Hall–Kier alpha value is -2.35. The number of anilines is 1. The summed E-state index contributed by atoms with van der Waals surface area (Å²) in [6.07, 6.45) is -4.41. The molecule has 1 amide bonds. The van der Waals surface area contributed by atoms with Crippen molar-refractivity contribution in [3.05, 3.63) is 48.0 Å². The number of carbonyl (C=O) groups is 1.